The maximum atomic E-state index is 13.0. The zero-order chi connectivity index (χ0) is 21.3. The highest BCUT2D eigenvalue weighted by Crippen LogP contribution is 2.33. The predicted molar refractivity (Wildman–Crippen MR) is 112 cm³/mol. The van der Waals surface area contributed by atoms with Crippen molar-refractivity contribution in [1.82, 2.24) is 15.5 Å². The van der Waals surface area contributed by atoms with Crippen LogP contribution in [0.4, 0.5) is 4.79 Å². The largest absolute Gasteiger partial charge is 0.348 e. The van der Waals surface area contributed by atoms with Gasteiger partial charge in [0.1, 0.15) is 12.1 Å². The number of nitrogens with zero attached hydrogens (tertiary/aromatic N) is 1. The Kier molecular flexibility index (Phi) is 5.66. The molecule has 1 aliphatic rings. The summed E-state index contributed by atoms with van der Waals surface area (Å²) in [4.78, 5) is 38.8. The molecule has 0 unspecified atom stereocenters. The lowest BCUT2D eigenvalue weighted by Crippen LogP contribution is -2.43. The van der Waals surface area contributed by atoms with Crippen LogP contribution in [0.15, 0.2) is 42.5 Å². The van der Waals surface area contributed by atoms with Crippen LogP contribution in [0.2, 0.25) is 5.02 Å². The fourth-order valence-corrected chi connectivity index (χ4v) is 3.76. The first-order valence-corrected chi connectivity index (χ1v) is 9.77. The third-order valence-electron chi connectivity index (χ3n) is 5.40. The molecular weight excluding hydrogens is 390 g/mol. The first-order valence-electron chi connectivity index (χ1n) is 9.39. The predicted octanol–water partition coefficient (Wildman–Crippen LogP) is 3.60. The molecule has 1 heterocycles. The van der Waals surface area contributed by atoms with E-state index in [0.717, 1.165) is 16.0 Å². The molecule has 1 aliphatic heterocycles. The van der Waals surface area contributed by atoms with E-state index in [-0.39, 0.29) is 12.6 Å². The molecule has 1 fully saturated rings. The summed E-state index contributed by atoms with van der Waals surface area (Å²) < 4.78 is 0. The number of halogens is 1. The summed E-state index contributed by atoms with van der Waals surface area (Å²) in [5, 5.41) is 5.89. The Labute approximate surface area is 175 Å². The number of rotatable bonds is 5. The molecule has 2 aromatic carbocycles. The summed E-state index contributed by atoms with van der Waals surface area (Å²) in [5.74, 6) is -0.924. The molecule has 0 radical (unpaired) electrons. The minimum atomic E-state index is -1.31. The van der Waals surface area contributed by atoms with E-state index in [4.69, 9.17) is 11.6 Å². The van der Waals surface area contributed by atoms with Gasteiger partial charge in [-0.3, -0.25) is 14.5 Å². The van der Waals surface area contributed by atoms with Crippen molar-refractivity contribution in [3.05, 3.63) is 69.7 Å². The van der Waals surface area contributed by atoms with E-state index >= 15 is 0 Å². The number of benzene rings is 2. The molecule has 6 nitrogen and oxygen atoms in total. The van der Waals surface area contributed by atoms with Gasteiger partial charge in [-0.1, -0.05) is 48.0 Å². The molecule has 0 aromatic heterocycles. The van der Waals surface area contributed by atoms with Crippen molar-refractivity contribution in [3.8, 4) is 0 Å². The Morgan fingerprint density at radius 2 is 1.86 bits per heavy atom. The summed E-state index contributed by atoms with van der Waals surface area (Å²) in [6.07, 6.45) is 0. The number of aryl methyl sites for hydroxylation is 2. The molecule has 1 saturated heterocycles. The average Bonchev–Trinajstić information content (AvgIpc) is 2.88. The SMILES string of the molecule is Cc1ccc([C@H](C)NC(=O)CN2C(=O)N[C@](C)(c3ccccc3Cl)C2=O)cc1C. The van der Waals surface area contributed by atoms with Crippen LogP contribution in [-0.2, 0) is 15.1 Å². The van der Waals surface area contributed by atoms with Gasteiger partial charge in [-0.05, 0) is 50.5 Å². The standard InChI is InChI=1S/C22H24ClN3O3/c1-13-9-10-16(11-14(13)2)15(3)24-19(27)12-26-20(28)22(4,25-21(26)29)17-7-5-6-8-18(17)23/h5-11,15H,12H2,1-4H3,(H,24,27)(H,25,29)/t15-,22+/m0/s1. The highest BCUT2D eigenvalue weighted by atomic mass is 35.5. The minimum absolute atomic E-state index is 0.252. The molecule has 2 aromatic rings. The summed E-state index contributed by atoms with van der Waals surface area (Å²) in [6, 6.07) is 11.9. The zero-order valence-corrected chi connectivity index (χ0v) is 17.6. The van der Waals surface area contributed by atoms with Crippen molar-refractivity contribution in [3.63, 3.8) is 0 Å². The van der Waals surface area contributed by atoms with E-state index in [9.17, 15) is 14.4 Å². The number of carbonyl (C=O) groups excluding carboxylic acids is 3. The Morgan fingerprint density at radius 3 is 2.52 bits per heavy atom. The van der Waals surface area contributed by atoms with Crippen LogP contribution in [0.3, 0.4) is 0 Å². The van der Waals surface area contributed by atoms with Gasteiger partial charge < -0.3 is 10.6 Å². The molecule has 7 heteroatoms. The van der Waals surface area contributed by atoms with E-state index in [0.29, 0.717) is 10.6 Å². The van der Waals surface area contributed by atoms with Crippen LogP contribution in [0, 0.1) is 13.8 Å². The lowest BCUT2D eigenvalue weighted by atomic mass is 9.92. The van der Waals surface area contributed by atoms with Crippen LogP contribution in [0.1, 0.15) is 42.1 Å². The monoisotopic (exact) mass is 413 g/mol. The maximum Gasteiger partial charge on any atom is 0.325 e. The van der Waals surface area contributed by atoms with E-state index in [1.165, 1.54) is 5.56 Å². The van der Waals surface area contributed by atoms with Gasteiger partial charge in [0.25, 0.3) is 5.91 Å². The van der Waals surface area contributed by atoms with Gasteiger partial charge in [-0.15, -0.1) is 0 Å². The topological polar surface area (TPSA) is 78.5 Å². The second-order valence-electron chi connectivity index (χ2n) is 7.56. The first kappa shape index (κ1) is 20.9. The minimum Gasteiger partial charge on any atom is -0.348 e. The molecule has 152 valence electrons. The third-order valence-corrected chi connectivity index (χ3v) is 5.73. The van der Waals surface area contributed by atoms with E-state index in [1.807, 2.05) is 39.0 Å². The van der Waals surface area contributed by atoms with Gasteiger partial charge in [-0.25, -0.2) is 4.79 Å². The van der Waals surface area contributed by atoms with Crippen molar-refractivity contribution >= 4 is 29.4 Å². The summed E-state index contributed by atoms with van der Waals surface area (Å²) in [5.41, 5.74) is 2.44. The third kappa shape index (κ3) is 3.98. The number of carbonyl (C=O) groups is 3. The van der Waals surface area contributed by atoms with Gasteiger partial charge in [-0.2, -0.15) is 0 Å². The van der Waals surface area contributed by atoms with Gasteiger partial charge in [0.15, 0.2) is 0 Å². The Hall–Kier alpha value is -2.86. The summed E-state index contributed by atoms with van der Waals surface area (Å²) in [7, 11) is 0. The fraction of sp³-hybridized carbons (Fsp3) is 0.318. The second kappa shape index (κ2) is 7.87. The van der Waals surface area contributed by atoms with Crippen LogP contribution in [-0.4, -0.2) is 29.3 Å². The summed E-state index contributed by atoms with van der Waals surface area (Å²) >= 11 is 6.22. The maximum absolute atomic E-state index is 13.0. The Balaban J connectivity index is 1.72. The van der Waals surface area contributed by atoms with Gasteiger partial charge >= 0.3 is 6.03 Å². The van der Waals surface area contributed by atoms with Gasteiger partial charge in [0.2, 0.25) is 5.91 Å². The molecule has 29 heavy (non-hydrogen) atoms. The molecule has 0 spiro atoms. The number of nitrogens with one attached hydrogen (secondary N) is 2. The molecule has 2 N–H and O–H groups in total. The number of urea groups is 1. The van der Waals surface area contributed by atoms with Crippen molar-refractivity contribution in [2.75, 3.05) is 6.54 Å². The lowest BCUT2D eigenvalue weighted by Gasteiger charge is -2.23. The number of amides is 4. The van der Waals surface area contributed by atoms with Crippen molar-refractivity contribution in [2.24, 2.45) is 0 Å². The molecule has 0 bridgehead atoms. The molecule has 3 rings (SSSR count). The van der Waals surface area contributed by atoms with Crippen molar-refractivity contribution in [1.29, 1.82) is 0 Å². The fourth-order valence-electron chi connectivity index (χ4n) is 3.44. The smallest absolute Gasteiger partial charge is 0.325 e. The number of hydrogen-bond donors (Lipinski definition) is 2. The van der Waals surface area contributed by atoms with Crippen molar-refractivity contribution < 1.29 is 14.4 Å². The van der Waals surface area contributed by atoms with E-state index in [1.54, 1.807) is 31.2 Å². The van der Waals surface area contributed by atoms with Crippen LogP contribution < -0.4 is 10.6 Å². The Morgan fingerprint density at radius 1 is 1.17 bits per heavy atom. The molecule has 4 amide bonds. The molecular formula is C22H24ClN3O3. The van der Waals surface area contributed by atoms with Crippen LogP contribution in [0.25, 0.3) is 0 Å². The highest BCUT2D eigenvalue weighted by molar-refractivity contribution is 6.32. The molecule has 2 atom stereocenters. The van der Waals surface area contributed by atoms with Gasteiger partial charge in [0.05, 0.1) is 6.04 Å². The van der Waals surface area contributed by atoms with E-state index in [2.05, 4.69) is 10.6 Å². The number of imide groups is 1. The van der Waals surface area contributed by atoms with Crippen LogP contribution in [0.5, 0.6) is 0 Å². The average molecular weight is 414 g/mol. The summed E-state index contributed by atoms with van der Waals surface area (Å²) in [6.45, 7) is 7.12. The quantitative estimate of drug-likeness (QED) is 0.735. The first-order chi connectivity index (χ1) is 13.6. The van der Waals surface area contributed by atoms with Crippen molar-refractivity contribution in [2.45, 2.75) is 39.3 Å². The lowest BCUT2D eigenvalue weighted by molar-refractivity contribution is -0.135. The zero-order valence-electron chi connectivity index (χ0n) is 16.9. The Bertz CT molecular complexity index is 991. The van der Waals surface area contributed by atoms with Gasteiger partial charge in [0, 0.05) is 10.6 Å². The number of hydrogen-bond acceptors (Lipinski definition) is 3. The van der Waals surface area contributed by atoms with E-state index < -0.39 is 23.4 Å². The molecule has 0 aliphatic carbocycles. The highest BCUT2D eigenvalue weighted by Gasteiger charge is 2.50. The second-order valence-corrected chi connectivity index (χ2v) is 7.97. The van der Waals surface area contributed by atoms with Crippen LogP contribution >= 0.6 is 11.6 Å². The normalized spacial score (nSPS) is 19.8. The molecule has 0 saturated carbocycles.